The molecule has 1 saturated heterocycles. The first-order valence-corrected chi connectivity index (χ1v) is 12.2. The number of fused-ring (bicyclic) bond motifs is 1. The second-order valence-corrected chi connectivity index (χ2v) is 9.55. The minimum absolute atomic E-state index is 0.124. The third-order valence-electron chi connectivity index (χ3n) is 6.48. The Morgan fingerprint density at radius 1 is 1.09 bits per heavy atom. The van der Waals surface area contributed by atoms with Crippen molar-refractivity contribution in [3.05, 3.63) is 84.5 Å². The van der Waals surface area contributed by atoms with E-state index in [1.165, 1.54) is 18.4 Å². The number of rotatable bonds is 4. The predicted octanol–water partition coefficient (Wildman–Crippen LogP) is 5.21. The summed E-state index contributed by atoms with van der Waals surface area (Å²) in [7, 11) is 0. The molecule has 1 aliphatic carbocycles. The van der Waals surface area contributed by atoms with E-state index in [9.17, 15) is 4.79 Å². The third-order valence-corrected chi connectivity index (χ3v) is 6.48. The Hall–Kier alpha value is -3.71. The normalized spacial score (nSPS) is 19.7. The van der Waals surface area contributed by atoms with E-state index in [1.807, 2.05) is 18.2 Å². The van der Waals surface area contributed by atoms with Gasteiger partial charge in [0.05, 0.1) is 23.8 Å². The number of carbonyl (C=O) groups excluding carboxylic acids is 1. The summed E-state index contributed by atoms with van der Waals surface area (Å²) in [4.78, 5) is 23.3. The zero-order valence-corrected chi connectivity index (χ0v) is 19.9. The molecule has 0 bridgehead atoms. The number of pyridine rings is 2. The number of carbonyl (C=O) groups is 1. The molecule has 6 rings (SSSR count). The molecule has 1 saturated carbocycles. The number of nitrogens with zero attached hydrogens (tertiary/aromatic N) is 3. The topological polar surface area (TPSA) is 97.3 Å². The minimum atomic E-state index is -0.299. The minimum Gasteiger partial charge on any atom is -0.446 e. The maximum absolute atomic E-state index is 12.7. The second-order valence-electron chi connectivity index (χ2n) is 9.55. The molecule has 3 N–H and O–H groups in total. The summed E-state index contributed by atoms with van der Waals surface area (Å²) in [5, 5.41) is 3.78. The van der Waals surface area contributed by atoms with Crippen molar-refractivity contribution in [3.8, 4) is 0 Å². The number of piperidine rings is 1. The fourth-order valence-corrected chi connectivity index (χ4v) is 4.65. The molecule has 2 unspecified atom stereocenters. The fourth-order valence-electron chi connectivity index (χ4n) is 4.65. The van der Waals surface area contributed by atoms with Crippen molar-refractivity contribution in [1.29, 1.82) is 0 Å². The number of aromatic nitrogens is 2. The van der Waals surface area contributed by atoms with Gasteiger partial charge in [-0.25, -0.2) is 4.98 Å². The van der Waals surface area contributed by atoms with Crippen LogP contribution in [-0.4, -0.2) is 35.0 Å². The molecule has 2 aliphatic rings. The van der Waals surface area contributed by atoms with Crippen LogP contribution in [0.3, 0.4) is 0 Å². The smallest absolute Gasteiger partial charge is 0.274 e. The fraction of sp³-hybridized carbons (Fsp3) is 0.321. The second kappa shape index (κ2) is 10.3. The SMILES string of the molecule is CC1CC(N)CN(c2ccncc2NC(=O)c2ccc3ccoc3n2)C1.c1ccc(C2CC2)cc1. The zero-order chi connectivity index (χ0) is 24.2. The van der Waals surface area contributed by atoms with Crippen LogP contribution in [0.15, 0.2) is 77.7 Å². The first-order valence-electron chi connectivity index (χ1n) is 12.2. The molecule has 4 aromatic rings. The number of nitrogens with two attached hydrogens (primary N) is 1. The van der Waals surface area contributed by atoms with Crippen LogP contribution in [0.4, 0.5) is 11.4 Å². The molecule has 7 heteroatoms. The predicted molar refractivity (Wildman–Crippen MR) is 139 cm³/mol. The van der Waals surface area contributed by atoms with Crippen LogP contribution in [0.1, 0.15) is 48.2 Å². The van der Waals surface area contributed by atoms with Gasteiger partial charge >= 0.3 is 0 Å². The number of hydrogen-bond acceptors (Lipinski definition) is 6. The van der Waals surface area contributed by atoms with Crippen LogP contribution in [0.2, 0.25) is 0 Å². The van der Waals surface area contributed by atoms with Gasteiger partial charge in [0, 0.05) is 30.7 Å². The first kappa shape index (κ1) is 23.1. The standard InChI is InChI=1S/C19H21N5O2.C9H10/c1-12-8-14(20)11-24(10-12)17-4-6-21-9-16(17)22-18(25)15-3-2-13-5-7-26-19(13)23-15;1-2-4-8(5-3-1)9-6-7-9/h2-7,9,12,14H,8,10-11,20H2,1H3,(H,22,25);1-5,9H,6-7H2. The van der Waals surface area contributed by atoms with E-state index < -0.39 is 0 Å². The average Bonchev–Trinajstić information content (AvgIpc) is 3.61. The highest BCUT2D eigenvalue weighted by molar-refractivity contribution is 6.05. The van der Waals surface area contributed by atoms with Crippen molar-refractivity contribution >= 4 is 28.4 Å². The van der Waals surface area contributed by atoms with Crippen molar-refractivity contribution < 1.29 is 9.21 Å². The maximum atomic E-state index is 12.7. The van der Waals surface area contributed by atoms with Crippen LogP contribution in [0, 0.1) is 5.92 Å². The number of nitrogens with one attached hydrogen (secondary N) is 1. The molecule has 1 aromatic carbocycles. The van der Waals surface area contributed by atoms with Gasteiger partial charge in [-0.15, -0.1) is 0 Å². The molecule has 35 heavy (non-hydrogen) atoms. The molecule has 2 fully saturated rings. The lowest BCUT2D eigenvalue weighted by atomic mass is 9.96. The summed E-state index contributed by atoms with van der Waals surface area (Å²) >= 11 is 0. The van der Waals surface area contributed by atoms with Crippen LogP contribution in [0.25, 0.3) is 11.1 Å². The Bertz CT molecular complexity index is 1270. The lowest BCUT2D eigenvalue weighted by Gasteiger charge is -2.37. The first-order chi connectivity index (χ1) is 17.1. The molecule has 0 spiro atoms. The summed E-state index contributed by atoms with van der Waals surface area (Å²) in [6, 6.07) is 18.1. The molecule has 4 heterocycles. The van der Waals surface area contributed by atoms with Gasteiger partial charge in [0.2, 0.25) is 5.71 Å². The van der Waals surface area contributed by atoms with Crippen molar-refractivity contribution in [2.75, 3.05) is 23.3 Å². The highest BCUT2D eigenvalue weighted by Crippen LogP contribution is 2.39. The lowest BCUT2D eigenvalue weighted by molar-refractivity contribution is 0.102. The summed E-state index contributed by atoms with van der Waals surface area (Å²) < 4.78 is 5.28. The molecule has 180 valence electrons. The molecule has 1 amide bonds. The number of amides is 1. The van der Waals surface area contributed by atoms with E-state index in [0.29, 0.717) is 23.0 Å². The van der Waals surface area contributed by atoms with Gasteiger partial charge in [-0.3, -0.25) is 9.78 Å². The number of furan rings is 1. The molecule has 7 nitrogen and oxygen atoms in total. The van der Waals surface area contributed by atoms with Crippen molar-refractivity contribution in [2.45, 2.75) is 38.1 Å². The van der Waals surface area contributed by atoms with Gasteiger partial charge in [0.25, 0.3) is 5.91 Å². The highest BCUT2D eigenvalue weighted by Gasteiger charge is 2.25. The van der Waals surface area contributed by atoms with Crippen molar-refractivity contribution in [1.82, 2.24) is 9.97 Å². The Labute approximate surface area is 205 Å². The number of benzene rings is 1. The third kappa shape index (κ3) is 5.69. The van der Waals surface area contributed by atoms with E-state index >= 15 is 0 Å². The molecule has 3 aromatic heterocycles. The van der Waals surface area contributed by atoms with Gasteiger partial charge < -0.3 is 20.4 Å². The van der Waals surface area contributed by atoms with Gasteiger partial charge in [0.15, 0.2) is 0 Å². The van der Waals surface area contributed by atoms with Gasteiger partial charge in [-0.1, -0.05) is 37.3 Å². The van der Waals surface area contributed by atoms with Crippen molar-refractivity contribution in [3.63, 3.8) is 0 Å². The monoisotopic (exact) mass is 469 g/mol. The highest BCUT2D eigenvalue weighted by atomic mass is 16.3. The molecule has 0 radical (unpaired) electrons. The lowest BCUT2D eigenvalue weighted by Crippen LogP contribution is -2.46. The molecular weight excluding hydrogens is 438 g/mol. The van der Waals surface area contributed by atoms with E-state index in [2.05, 4.69) is 57.4 Å². The molecular formula is C28H31N5O2. The van der Waals surface area contributed by atoms with Crippen molar-refractivity contribution in [2.24, 2.45) is 11.7 Å². The van der Waals surface area contributed by atoms with E-state index in [4.69, 9.17) is 10.2 Å². The van der Waals surface area contributed by atoms with Crippen LogP contribution < -0.4 is 16.0 Å². The largest absolute Gasteiger partial charge is 0.446 e. The summed E-state index contributed by atoms with van der Waals surface area (Å²) in [5.74, 6) is 1.11. The molecule has 2 atom stereocenters. The Morgan fingerprint density at radius 3 is 2.69 bits per heavy atom. The summed E-state index contributed by atoms with van der Waals surface area (Å²) in [5.41, 5.74) is 10.0. The Morgan fingerprint density at radius 2 is 1.91 bits per heavy atom. The van der Waals surface area contributed by atoms with Gasteiger partial charge in [0.1, 0.15) is 5.69 Å². The zero-order valence-electron chi connectivity index (χ0n) is 19.9. The van der Waals surface area contributed by atoms with E-state index in [0.717, 1.165) is 36.5 Å². The average molecular weight is 470 g/mol. The summed E-state index contributed by atoms with van der Waals surface area (Å²) in [6.07, 6.45) is 8.76. The number of anilines is 2. The molecule has 1 aliphatic heterocycles. The van der Waals surface area contributed by atoms with Crippen LogP contribution >= 0.6 is 0 Å². The summed E-state index contributed by atoms with van der Waals surface area (Å²) in [6.45, 7) is 3.85. The Kier molecular flexibility index (Phi) is 6.77. The maximum Gasteiger partial charge on any atom is 0.274 e. The quantitative estimate of drug-likeness (QED) is 0.426. The van der Waals surface area contributed by atoms with Crippen LogP contribution in [-0.2, 0) is 0 Å². The van der Waals surface area contributed by atoms with E-state index in [1.54, 1.807) is 24.7 Å². The number of hydrogen-bond donors (Lipinski definition) is 2. The van der Waals surface area contributed by atoms with Gasteiger partial charge in [-0.05, 0) is 60.9 Å². The van der Waals surface area contributed by atoms with Crippen LogP contribution in [0.5, 0.6) is 0 Å². The Balaban J connectivity index is 0.000000234. The van der Waals surface area contributed by atoms with E-state index in [-0.39, 0.29) is 11.9 Å². The van der Waals surface area contributed by atoms with Gasteiger partial charge in [-0.2, -0.15) is 0 Å².